The molecule has 1 saturated heterocycles. The summed E-state index contributed by atoms with van der Waals surface area (Å²) in [6.45, 7) is 4.53. The molecule has 1 fully saturated rings. The second-order valence-electron chi connectivity index (χ2n) is 4.98. The molecule has 19 heavy (non-hydrogen) atoms. The van der Waals surface area contributed by atoms with Crippen molar-refractivity contribution in [3.05, 3.63) is 29.8 Å². The fourth-order valence-corrected chi connectivity index (χ4v) is 2.71. The summed E-state index contributed by atoms with van der Waals surface area (Å²) in [6, 6.07) is 7.03. The quantitative estimate of drug-likeness (QED) is 0.840. The van der Waals surface area contributed by atoms with E-state index in [1.165, 1.54) is 12.1 Å². The summed E-state index contributed by atoms with van der Waals surface area (Å²) in [4.78, 5) is 0.147. The maximum absolute atomic E-state index is 11.1. The molecule has 0 aliphatic carbocycles. The Balaban J connectivity index is 1.89. The molecule has 2 atom stereocenters. The van der Waals surface area contributed by atoms with Crippen molar-refractivity contribution in [1.29, 1.82) is 0 Å². The molecule has 0 spiro atoms. The molecule has 0 bridgehead atoms. The summed E-state index contributed by atoms with van der Waals surface area (Å²) in [5, 5.41) is 8.49. The van der Waals surface area contributed by atoms with Crippen LogP contribution in [0.5, 0.6) is 0 Å². The Hall–Kier alpha value is -0.950. The van der Waals surface area contributed by atoms with E-state index in [1.807, 2.05) is 0 Å². The highest BCUT2D eigenvalue weighted by Gasteiger charge is 2.21. The van der Waals surface area contributed by atoms with Crippen LogP contribution in [0.25, 0.3) is 0 Å². The first-order chi connectivity index (χ1) is 8.97. The van der Waals surface area contributed by atoms with Crippen LogP contribution in [0.4, 0.5) is 0 Å². The van der Waals surface area contributed by atoms with E-state index in [4.69, 9.17) is 9.88 Å². The molecule has 0 radical (unpaired) electrons. The largest absolute Gasteiger partial charge is 0.381 e. The van der Waals surface area contributed by atoms with E-state index in [0.29, 0.717) is 18.5 Å². The van der Waals surface area contributed by atoms with E-state index < -0.39 is 10.0 Å². The molecule has 1 aromatic rings. The van der Waals surface area contributed by atoms with Gasteiger partial charge in [-0.25, -0.2) is 13.6 Å². The first-order valence-electron chi connectivity index (χ1n) is 6.39. The number of hydrogen-bond donors (Lipinski definition) is 2. The maximum Gasteiger partial charge on any atom is 0.238 e. The highest BCUT2D eigenvalue weighted by Crippen LogP contribution is 2.17. The molecule has 2 rings (SSSR count). The molecule has 106 valence electrons. The van der Waals surface area contributed by atoms with Gasteiger partial charge >= 0.3 is 0 Å². The Labute approximate surface area is 114 Å². The van der Waals surface area contributed by atoms with Crippen molar-refractivity contribution >= 4 is 10.0 Å². The maximum atomic E-state index is 11.1. The summed E-state index contributed by atoms with van der Waals surface area (Å²) in [7, 11) is -3.60. The number of nitrogens with two attached hydrogens (primary N) is 1. The van der Waals surface area contributed by atoms with Gasteiger partial charge in [0.1, 0.15) is 0 Å². The zero-order valence-electron chi connectivity index (χ0n) is 11.0. The summed E-state index contributed by atoms with van der Waals surface area (Å²) in [6.07, 6.45) is 1.10. The lowest BCUT2D eigenvalue weighted by molar-refractivity contribution is 0.178. The SMILES string of the molecule is CC(NCc1ccc(S(N)(=O)=O)cc1)C1CCOC1. The van der Waals surface area contributed by atoms with Crippen molar-refractivity contribution in [2.75, 3.05) is 13.2 Å². The standard InChI is InChI=1S/C13H20N2O3S/c1-10(12-6-7-18-9-12)15-8-11-2-4-13(5-3-11)19(14,16)17/h2-5,10,12,15H,6-9H2,1H3,(H2,14,16,17). The van der Waals surface area contributed by atoms with Gasteiger partial charge < -0.3 is 10.1 Å². The van der Waals surface area contributed by atoms with Crippen LogP contribution in [0.3, 0.4) is 0 Å². The average molecular weight is 284 g/mol. The zero-order chi connectivity index (χ0) is 13.9. The minimum atomic E-state index is -3.60. The van der Waals surface area contributed by atoms with Crippen LogP contribution in [-0.2, 0) is 21.3 Å². The van der Waals surface area contributed by atoms with E-state index >= 15 is 0 Å². The molecule has 1 aromatic carbocycles. The monoisotopic (exact) mass is 284 g/mol. The molecule has 0 saturated carbocycles. The van der Waals surface area contributed by atoms with Crippen molar-refractivity contribution in [1.82, 2.24) is 5.32 Å². The predicted octanol–water partition coefficient (Wildman–Crippen LogP) is 0.849. The van der Waals surface area contributed by atoms with E-state index in [1.54, 1.807) is 12.1 Å². The van der Waals surface area contributed by atoms with Gasteiger partial charge in [-0.3, -0.25) is 0 Å². The summed E-state index contributed by atoms with van der Waals surface area (Å²) in [5.74, 6) is 0.559. The smallest absolute Gasteiger partial charge is 0.238 e. The van der Waals surface area contributed by atoms with Gasteiger partial charge in [0.25, 0.3) is 0 Å². The van der Waals surface area contributed by atoms with Crippen molar-refractivity contribution in [2.24, 2.45) is 11.1 Å². The van der Waals surface area contributed by atoms with Gasteiger partial charge in [0, 0.05) is 19.2 Å². The Morgan fingerprint density at radius 2 is 2.11 bits per heavy atom. The third-order valence-corrected chi connectivity index (χ3v) is 4.48. The Morgan fingerprint density at radius 1 is 1.42 bits per heavy atom. The number of benzene rings is 1. The van der Waals surface area contributed by atoms with Crippen molar-refractivity contribution in [3.63, 3.8) is 0 Å². The van der Waals surface area contributed by atoms with Crippen molar-refractivity contribution in [3.8, 4) is 0 Å². The normalized spacial score (nSPS) is 21.5. The molecule has 1 heterocycles. The van der Waals surface area contributed by atoms with E-state index in [0.717, 1.165) is 25.2 Å². The second-order valence-corrected chi connectivity index (χ2v) is 6.54. The van der Waals surface area contributed by atoms with Crippen LogP contribution in [-0.4, -0.2) is 27.7 Å². The lowest BCUT2D eigenvalue weighted by Gasteiger charge is -2.19. The third kappa shape index (κ3) is 4.01. The van der Waals surface area contributed by atoms with Crippen LogP contribution in [0.1, 0.15) is 18.9 Å². The predicted molar refractivity (Wildman–Crippen MR) is 73.0 cm³/mol. The van der Waals surface area contributed by atoms with Crippen LogP contribution in [0, 0.1) is 5.92 Å². The minimum absolute atomic E-state index is 0.147. The van der Waals surface area contributed by atoms with Gasteiger partial charge in [-0.2, -0.15) is 0 Å². The number of rotatable bonds is 5. The molecule has 5 nitrogen and oxygen atoms in total. The highest BCUT2D eigenvalue weighted by atomic mass is 32.2. The van der Waals surface area contributed by atoms with Crippen LogP contribution < -0.4 is 10.5 Å². The van der Waals surface area contributed by atoms with Gasteiger partial charge in [-0.15, -0.1) is 0 Å². The first-order valence-corrected chi connectivity index (χ1v) is 7.94. The van der Waals surface area contributed by atoms with Gasteiger partial charge in [-0.1, -0.05) is 12.1 Å². The lowest BCUT2D eigenvalue weighted by atomic mass is 10.0. The molecule has 6 heteroatoms. The molecule has 2 unspecified atom stereocenters. The molecular formula is C13H20N2O3S. The highest BCUT2D eigenvalue weighted by molar-refractivity contribution is 7.89. The van der Waals surface area contributed by atoms with Gasteiger partial charge in [0.2, 0.25) is 10.0 Å². The Morgan fingerprint density at radius 3 is 2.63 bits per heavy atom. The van der Waals surface area contributed by atoms with Crippen molar-refractivity contribution in [2.45, 2.75) is 30.8 Å². The fraction of sp³-hybridized carbons (Fsp3) is 0.538. The first kappa shape index (κ1) is 14.5. The van der Waals surface area contributed by atoms with Crippen LogP contribution in [0.2, 0.25) is 0 Å². The van der Waals surface area contributed by atoms with Crippen molar-refractivity contribution < 1.29 is 13.2 Å². The zero-order valence-corrected chi connectivity index (χ0v) is 11.8. The summed E-state index contributed by atoms with van der Waals surface area (Å²) < 4.78 is 27.6. The van der Waals surface area contributed by atoms with Crippen LogP contribution in [0.15, 0.2) is 29.2 Å². The fourth-order valence-electron chi connectivity index (χ4n) is 2.19. The topological polar surface area (TPSA) is 81.4 Å². The van der Waals surface area contributed by atoms with E-state index in [2.05, 4.69) is 12.2 Å². The number of primary sulfonamides is 1. The average Bonchev–Trinajstić information content (AvgIpc) is 2.89. The summed E-state index contributed by atoms with van der Waals surface area (Å²) >= 11 is 0. The minimum Gasteiger partial charge on any atom is -0.381 e. The van der Waals surface area contributed by atoms with Gasteiger partial charge in [-0.05, 0) is 37.0 Å². The lowest BCUT2D eigenvalue weighted by Crippen LogP contribution is -2.33. The number of sulfonamides is 1. The molecule has 1 aliphatic heterocycles. The van der Waals surface area contributed by atoms with Crippen LogP contribution >= 0.6 is 0 Å². The van der Waals surface area contributed by atoms with Gasteiger partial charge in [0.15, 0.2) is 0 Å². The number of hydrogen-bond acceptors (Lipinski definition) is 4. The summed E-state index contributed by atoms with van der Waals surface area (Å²) in [5.41, 5.74) is 1.04. The third-order valence-electron chi connectivity index (χ3n) is 3.55. The Kier molecular flexibility index (Phi) is 4.57. The molecular weight excluding hydrogens is 264 g/mol. The number of ether oxygens (including phenoxy) is 1. The molecule has 3 N–H and O–H groups in total. The van der Waals surface area contributed by atoms with Gasteiger partial charge in [0.05, 0.1) is 11.5 Å². The number of nitrogens with one attached hydrogen (secondary N) is 1. The molecule has 0 aromatic heterocycles. The van der Waals surface area contributed by atoms with E-state index in [9.17, 15) is 8.42 Å². The molecule has 1 aliphatic rings. The molecule has 0 amide bonds. The second kappa shape index (κ2) is 6.00. The Bertz CT molecular complexity index is 507. The van der Waals surface area contributed by atoms with E-state index in [-0.39, 0.29) is 4.90 Å².